The zero-order valence-electron chi connectivity index (χ0n) is 18.1. The molecule has 4 amide bonds. The van der Waals surface area contributed by atoms with Crippen molar-refractivity contribution < 1.29 is 28.7 Å². The minimum Gasteiger partial charge on any atom is -0.379 e. The molecule has 1 saturated heterocycles. The van der Waals surface area contributed by atoms with Gasteiger partial charge >= 0.3 is 0 Å². The molecule has 0 saturated carbocycles. The Kier molecular flexibility index (Phi) is 14.2. The molecular formula is C20H35N3O6S. The van der Waals surface area contributed by atoms with Crippen molar-refractivity contribution in [2.24, 2.45) is 0 Å². The fraction of sp³-hybridized carbons (Fsp3) is 0.800. The zero-order valence-corrected chi connectivity index (χ0v) is 18.9. The summed E-state index contributed by atoms with van der Waals surface area (Å²) in [6.07, 6.45) is 5.67. The number of imide groups is 1. The minimum absolute atomic E-state index is 0.00367. The van der Waals surface area contributed by atoms with E-state index in [2.05, 4.69) is 17.6 Å². The highest BCUT2D eigenvalue weighted by molar-refractivity contribution is 8.00. The molecule has 1 heterocycles. The summed E-state index contributed by atoms with van der Waals surface area (Å²) in [5.74, 6) is -0.661. The predicted molar refractivity (Wildman–Crippen MR) is 115 cm³/mol. The van der Waals surface area contributed by atoms with E-state index < -0.39 is 0 Å². The first-order chi connectivity index (χ1) is 14.5. The zero-order chi connectivity index (χ0) is 22.2. The third-order valence-corrected chi connectivity index (χ3v) is 5.50. The van der Waals surface area contributed by atoms with Gasteiger partial charge in [0.2, 0.25) is 23.6 Å². The number of ether oxygens (including phenoxy) is 2. The van der Waals surface area contributed by atoms with Crippen LogP contribution < -0.4 is 10.6 Å². The lowest BCUT2D eigenvalue weighted by Gasteiger charge is -2.14. The molecule has 0 bridgehead atoms. The highest BCUT2D eigenvalue weighted by Crippen LogP contribution is 2.22. The van der Waals surface area contributed by atoms with Crippen LogP contribution in [0.3, 0.4) is 0 Å². The first kappa shape index (κ1) is 26.4. The number of amides is 4. The summed E-state index contributed by atoms with van der Waals surface area (Å²) in [7, 11) is 0. The van der Waals surface area contributed by atoms with Crippen LogP contribution in [0.15, 0.2) is 0 Å². The second-order valence-electron chi connectivity index (χ2n) is 6.94. The van der Waals surface area contributed by atoms with Gasteiger partial charge in [-0.3, -0.25) is 24.1 Å². The Morgan fingerprint density at radius 3 is 2.33 bits per heavy atom. The van der Waals surface area contributed by atoms with Crippen molar-refractivity contribution in [1.29, 1.82) is 0 Å². The molecule has 0 spiro atoms. The molecule has 0 aromatic carbocycles. The summed E-state index contributed by atoms with van der Waals surface area (Å²) in [6.45, 7) is 4.73. The number of hydrogen-bond acceptors (Lipinski definition) is 7. The van der Waals surface area contributed by atoms with Gasteiger partial charge in [0.05, 0.1) is 31.7 Å². The fourth-order valence-corrected chi connectivity index (χ4v) is 3.45. The van der Waals surface area contributed by atoms with Gasteiger partial charge in [-0.1, -0.05) is 19.8 Å². The lowest BCUT2D eigenvalue weighted by molar-refractivity contribution is -0.138. The summed E-state index contributed by atoms with van der Waals surface area (Å²) in [4.78, 5) is 48.3. The summed E-state index contributed by atoms with van der Waals surface area (Å²) in [5, 5.41) is 5.23. The first-order valence-corrected chi connectivity index (χ1v) is 11.8. The monoisotopic (exact) mass is 445 g/mol. The number of carbonyl (C=O) groups excluding carboxylic acids is 4. The summed E-state index contributed by atoms with van der Waals surface area (Å²) < 4.78 is 10.7. The molecule has 1 unspecified atom stereocenters. The molecule has 2 N–H and O–H groups in total. The molecule has 9 nitrogen and oxygen atoms in total. The van der Waals surface area contributed by atoms with Gasteiger partial charge in [0.1, 0.15) is 0 Å². The number of unbranched alkanes of at least 4 members (excludes halogenated alkanes) is 2. The van der Waals surface area contributed by atoms with Crippen LogP contribution >= 0.6 is 11.8 Å². The Hall–Kier alpha value is -1.65. The molecule has 172 valence electrons. The third-order valence-electron chi connectivity index (χ3n) is 4.57. The number of nitrogens with one attached hydrogen (secondary N) is 2. The Morgan fingerprint density at radius 1 is 1.00 bits per heavy atom. The van der Waals surface area contributed by atoms with Crippen LogP contribution in [0.2, 0.25) is 0 Å². The van der Waals surface area contributed by atoms with Gasteiger partial charge in [0, 0.05) is 38.9 Å². The lowest BCUT2D eigenvalue weighted by Crippen LogP contribution is -2.36. The molecule has 0 radical (unpaired) electrons. The van der Waals surface area contributed by atoms with Crippen molar-refractivity contribution >= 4 is 35.4 Å². The fourth-order valence-electron chi connectivity index (χ4n) is 2.81. The highest BCUT2D eigenvalue weighted by atomic mass is 32.2. The molecule has 10 heteroatoms. The van der Waals surface area contributed by atoms with Crippen LogP contribution in [0.5, 0.6) is 0 Å². The van der Waals surface area contributed by atoms with Gasteiger partial charge in [-0.15, -0.1) is 0 Å². The van der Waals surface area contributed by atoms with E-state index in [1.807, 2.05) is 0 Å². The molecule has 1 aliphatic rings. The number of rotatable bonds is 17. The second kappa shape index (κ2) is 16.1. The number of thioether (sulfide) groups is 1. The Labute approximate surface area is 183 Å². The maximum atomic E-state index is 12.0. The van der Waals surface area contributed by atoms with Crippen LogP contribution in [0, 0.1) is 0 Å². The van der Waals surface area contributed by atoms with Crippen molar-refractivity contribution in [3.8, 4) is 0 Å². The number of carbonyl (C=O) groups is 4. The molecule has 0 aromatic heterocycles. The van der Waals surface area contributed by atoms with E-state index in [9.17, 15) is 19.2 Å². The second-order valence-corrected chi connectivity index (χ2v) is 7.98. The van der Waals surface area contributed by atoms with Gasteiger partial charge in [-0.25, -0.2) is 0 Å². The molecular weight excluding hydrogens is 410 g/mol. The standard InChI is InChI=1S/C20H35N3O6S/c1-3-4-5-8-21-18(25)7-11-28-13-14-29-12-9-22-17(24)6-10-23-19(26)15-16(30-2)20(23)27/h16H,3-15H2,1-2H3,(H,21,25)(H,22,24). The van der Waals surface area contributed by atoms with Gasteiger partial charge in [0.15, 0.2) is 0 Å². The number of hydrogen-bond donors (Lipinski definition) is 2. The van der Waals surface area contributed by atoms with Crippen LogP contribution in [-0.4, -0.2) is 86.1 Å². The molecule has 1 fully saturated rings. The average molecular weight is 446 g/mol. The smallest absolute Gasteiger partial charge is 0.242 e. The number of nitrogens with zero attached hydrogens (tertiary/aromatic N) is 1. The van der Waals surface area contributed by atoms with Crippen molar-refractivity contribution in [2.75, 3.05) is 52.3 Å². The SMILES string of the molecule is CCCCCNC(=O)CCOCCOCCNC(=O)CCN1C(=O)CC(SC)C1=O. The normalized spacial score (nSPS) is 16.2. The minimum atomic E-state index is -0.323. The average Bonchev–Trinajstić information content (AvgIpc) is 3.01. The summed E-state index contributed by atoms with van der Waals surface area (Å²) in [5.41, 5.74) is 0. The van der Waals surface area contributed by atoms with E-state index in [0.717, 1.165) is 19.3 Å². The van der Waals surface area contributed by atoms with Gasteiger partial charge in [0.25, 0.3) is 0 Å². The van der Waals surface area contributed by atoms with Crippen molar-refractivity contribution in [2.45, 2.75) is 50.7 Å². The predicted octanol–water partition coefficient (Wildman–Crippen LogP) is 0.713. The van der Waals surface area contributed by atoms with E-state index in [4.69, 9.17) is 9.47 Å². The van der Waals surface area contributed by atoms with Crippen LogP contribution in [0.25, 0.3) is 0 Å². The van der Waals surface area contributed by atoms with Gasteiger partial charge < -0.3 is 20.1 Å². The van der Waals surface area contributed by atoms with E-state index in [-0.39, 0.29) is 48.3 Å². The van der Waals surface area contributed by atoms with E-state index >= 15 is 0 Å². The molecule has 0 aromatic rings. The molecule has 1 aliphatic heterocycles. The highest BCUT2D eigenvalue weighted by Gasteiger charge is 2.37. The van der Waals surface area contributed by atoms with Crippen molar-refractivity contribution in [3.63, 3.8) is 0 Å². The maximum absolute atomic E-state index is 12.0. The van der Waals surface area contributed by atoms with Crippen LogP contribution in [0.4, 0.5) is 0 Å². The first-order valence-electron chi connectivity index (χ1n) is 10.6. The van der Waals surface area contributed by atoms with Crippen molar-refractivity contribution in [1.82, 2.24) is 15.5 Å². The molecule has 1 rings (SSSR count). The maximum Gasteiger partial charge on any atom is 0.242 e. The van der Waals surface area contributed by atoms with E-state index in [1.54, 1.807) is 6.26 Å². The summed E-state index contributed by atoms with van der Waals surface area (Å²) in [6, 6.07) is 0. The van der Waals surface area contributed by atoms with Crippen LogP contribution in [0.1, 0.15) is 45.4 Å². The summed E-state index contributed by atoms with van der Waals surface area (Å²) >= 11 is 1.36. The number of likely N-dealkylation sites (tertiary alicyclic amines) is 1. The molecule has 1 atom stereocenters. The molecule has 30 heavy (non-hydrogen) atoms. The topological polar surface area (TPSA) is 114 Å². The van der Waals surface area contributed by atoms with Gasteiger partial charge in [-0.05, 0) is 12.7 Å². The molecule has 0 aliphatic carbocycles. The van der Waals surface area contributed by atoms with E-state index in [1.165, 1.54) is 16.7 Å². The largest absolute Gasteiger partial charge is 0.379 e. The Bertz CT molecular complexity index is 561. The third kappa shape index (κ3) is 10.9. The van der Waals surface area contributed by atoms with Crippen LogP contribution in [-0.2, 0) is 28.7 Å². The van der Waals surface area contributed by atoms with Gasteiger partial charge in [-0.2, -0.15) is 11.8 Å². The Balaban J connectivity index is 1.93. The van der Waals surface area contributed by atoms with Crippen molar-refractivity contribution in [3.05, 3.63) is 0 Å². The Morgan fingerprint density at radius 2 is 1.67 bits per heavy atom. The van der Waals surface area contributed by atoms with E-state index in [0.29, 0.717) is 45.9 Å². The quantitative estimate of drug-likeness (QED) is 0.250. The lowest BCUT2D eigenvalue weighted by atomic mass is 10.2.